The molecule has 12 heteroatoms. The van der Waals surface area contributed by atoms with Crippen LogP contribution >= 0.6 is 21.8 Å². The third-order valence-corrected chi connectivity index (χ3v) is 7.67. The second-order valence-corrected chi connectivity index (χ2v) is 11.5. The first-order valence-electron chi connectivity index (χ1n) is 11.8. The minimum Gasteiger partial charge on any atom is -0.480 e. The molecule has 0 fully saturated rings. The second-order valence-electron chi connectivity index (χ2n) is 9.42. The molecule has 8 nitrogen and oxygen atoms in total. The lowest BCUT2D eigenvalue weighted by Crippen LogP contribution is -2.42. The fraction of sp³-hybridized carbons (Fsp3) is 0.385. The number of nitrogens with zero attached hydrogens (tertiary/aromatic N) is 1. The van der Waals surface area contributed by atoms with E-state index in [-0.39, 0.29) is 40.7 Å². The molecule has 2 amide bonds. The van der Waals surface area contributed by atoms with E-state index >= 15 is 0 Å². The predicted molar refractivity (Wildman–Crippen MR) is 142 cm³/mol. The highest BCUT2D eigenvalue weighted by molar-refractivity contribution is 8.76. The molecule has 38 heavy (non-hydrogen) atoms. The second kappa shape index (κ2) is 14.1. The van der Waals surface area contributed by atoms with Gasteiger partial charge in [0.25, 0.3) is 11.8 Å². The number of amides is 2. The minimum absolute atomic E-state index is 0.0374. The van der Waals surface area contributed by atoms with E-state index in [1.165, 1.54) is 18.2 Å². The monoisotopic (exact) mass is 568 g/mol. The molecule has 0 aliphatic rings. The number of hydrogen-bond acceptors (Lipinski definition) is 6. The fourth-order valence-electron chi connectivity index (χ4n) is 3.48. The Bertz CT molecular complexity index is 1180. The van der Waals surface area contributed by atoms with Gasteiger partial charge in [-0.1, -0.05) is 33.8 Å². The van der Waals surface area contributed by atoms with Gasteiger partial charge in [-0.2, -0.15) is 0 Å². The van der Waals surface area contributed by atoms with E-state index in [4.69, 9.17) is 0 Å². The summed E-state index contributed by atoms with van der Waals surface area (Å²) in [7, 11) is 1.54. The number of carbonyl (C=O) groups is 4. The number of rotatable bonds is 13. The van der Waals surface area contributed by atoms with Crippen LogP contribution in [-0.4, -0.2) is 50.4 Å². The molecule has 0 aromatic heterocycles. The average Bonchev–Trinajstić information content (AvgIpc) is 2.82. The highest BCUT2D eigenvalue weighted by atomic mass is 33.1. The Labute approximate surface area is 227 Å². The SMILES string of the molecule is CC(C)CC(NC(=O)c1cc(F)ccc1SSN(C(=O)c1cccc(F)c1)C(CC(C)C)C(=O)O)C(=O)O. The molecule has 0 bridgehead atoms. The van der Waals surface area contributed by atoms with Crippen molar-refractivity contribution in [2.75, 3.05) is 0 Å². The van der Waals surface area contributed by atoms with Crippen molar-refractivity contribution >= 4 is 45.5 Å². The van der Waals surface area contributed by atoms with Crippen LogP contribution in [0.15, 0.2) is 47.4 Å². The van der Waals surface area contributed by atoms with Gasteiger partial charge < -0.3 is 15.5 Å². The molecule has 3 N–H and O–H groups in total. The Hall–Kier alpha value is -3.12. The minimum atomic E-state index is -1.29. The van der Waals surface area contributed by atoms with Crippen molar-refractivity contribution in [2.45, 2.75) is 57.5 Å². The van der Waals surface area contributed by atoms with Gasteiger partial charge >= 0.3 is 11.9 Å². The maximum Gasteiger partial charge on any atom is 0.327 e. The van der Waals surface area contributed by atoms with Crippen LogP contribution in [0.2, 0.25) is 0 Å². The molecule has 0 saturated carbocycles. The van der Waals surface area contributed by atoms with Crippen molar-refractivity contribution in [3.63, 3.8) is 0 Å². The first-order chi connectivity index (χ1) is 17.8. The van der Waals surface area contributed by atoms with Gasteiger partial charge in [0.15, 0.2) is 0 Å². The van der Waals surface area contributed by atoms with Gasteiger partial charge in [0.1, 0.15) is 23.7 Å². The third-order valence-electron chi connectivity index (χ3n) is 5.24. The average molecular weight is 569 g/mol. The molecule has 0 radical (unpaired) electrons. The zero-order valence-corrected chi connectivity index (χ0v) is 22.9. The molecular formula is C26H30F2N2O6S2. The highest BCUT2D eigenvalue weighted by Gasteiger charge is 2.33. The molecule has 0 heterocycles. The molecule has 0 saturated heterocycles. The molecule has 0 aliphatic carbocycles. The van der Waals surface area contributed by atoms with Crippen molar-refractivity contribution in [1.29, 1.82) is 0 Å². The Balaban J connectivity index is 2.40. The summed E-state index contributed by atoms with van der Waals surface area (Å²) in [4.78, 5) is 50.2. The van der Waals surface area contributed by atoms with E-state index in [0.717, 1.165) is 39.4 Å². The number of benzene rings is 2. The van der Waals surface area contributed by atoms with E-state index in [2.05, 4.69) is 5.32 Å². The number of aliphatic carboxylic acids is 2. The van der Waals surface area contributed by atoms with Crippen molar-refractivity contribution in [3.05, 3.63) is 65.2 Å². The summed E-state index contributed by atoms with van der Waals surface area (Å²) in [5.74, 6) is -5.66. The highest BCUT2D eigenvalue weighted by Crippen LogP contribution is 2.39. The topological polar surface area (TPSA) is 124 Å². The molecule has 0 aliphatic heterocycles. The van der Waals surface area contributed by atoms with Crippen molar-refractivity contribution in [3.8, 4) is 0 Å². The van der Waals surface area contributed by atoms with Gasteiger partial charge in [-0.15, -0.1) is 0 Å². The zero-order valence-electron chi connectivity index (χ0n) is 21.3. The maximum absolute atomic E-state index is 14.1. The van der Waals surface area contributed by atoms with Gasteiger partial charge in [0.2, 0.25) is 0 Å². The third kappa shape index (κ3) is 9.02. The first kappa shape index (κ1) is 31.1. The molecular weight excluding hydrogens is 538 g/mol. The van der Waals surface area contributed by atoms with E-state index in [1.54, 1.807) is 27.7 Å². The van der Waals surface area contributed by atoms with E-state index in [0.29, 0.717) is 11.0 Å². The van der Waals surface area contributed by atoms with Gasteiger partial charge in [-0.3, -0.25) is 13.9 Å². The van der Waals surface area contributed by atoms with Crippen molar-refractivity contribution in [2.24, 2.45) is 11.8 Å². The van der Waals surface area contributed by atoms with Crippen LogP contribution in [0.3, 0.4) is 0 Å². The molecule has 2 aromatic rings. The molecule has 2 rings (SSSR count). The summed E-state index contributed by atoms with van der Waals surface area (Å²) in [5.41, 5.74) is -0.241. The molecule has 2 atom stereocenters. The smallest absolute Gasteiger partial charge is 0.327 e. The summed E-state index contributed by atoms with van der Waals surface area (Å²) < 4.78 is 28.9. The van der Waals surface area contributed by atoms with Crippen LogP contribution in [-0.2, 0) is 9.59 Å². The predicted octanol–water partition coefficient (Wildman–Crippen LogP) is 5.49. The summed E-state index contributed by atoms with van der Waals surface area (Å²) in [6.07, 6.45) is 0.245. The molecule has 2 aromatic carbocycles. The number of carboxylic acids is 2. The number of halogens is 2. The van der Waals surface area contributed by atoms with E-state index in [9.17, 15) is 38.2 Å². The lowest BCUT2D eigenvalue weighted by Gasteiger charge is -2.28. The van der Waals surface area contributed by atoms with Gasteiger partial charge in [0.05, 0.1) is 5.56 Å². The van der Waals surface area contributed by atoms with Crippen molar-refractivity contribution in [1.82, 2.24) is 9.62 Å². The zero-order chi connectivity index (χ0) is 28.6. The number of carbonyl (C=O) groups excluding carboxylic acids is 2. The van der Waals surface area contributed by atoms with Crippen LogP contribution in [0.5, 0.6) is 0 Å². The summed E-state index contributed by atoms with van der Waals surface area (Å²) >= 11 is 0. The largest absolute Gasteiger partial charge is 0.480 e. The number of nitrogens with one attached hydrogen (secondary N) is 1. The lowest BCUT2D eigenvalue weighted by atomic mass is 10.0. The van der Waals surface area contributed by atoms with Crippen LogP contribution in [0.1, 0.15) is 61.3 Å². The van der Waals surface area contributed by atoms with Crippen LogP contribution < -0.4 is 5.32 Å². The standard InChI is InChI=1S/C26H30F2N2O6S2/c1-14(2)10-20(25(33)34)29-23(31)19-13-18(28)8-9-22(19)37-38-30(21(26(35)36)11-15(3)4)24(32)16-6-5-7-17(27)12-16/h5-9,12-15,20-21H,10-11H2,1-4H3,(H,29,31)(H,33,34)(H,35,36). The molecule has 2 unspecified atom stereocenters. The van der Waals surface area contributed by atoms with E-state index < -0.39 is 47.5 Å². The van der Waals surface area contributed by atoms with Crippen LogP contribution in [0.25, 0.3) is 0 Å². The van der Waals surface area contributed by atoms with Crippen LogP contribution in [0.4, 0.5) is 8.78 Å². The van der Waals surface area contributed by atoms with E-state index in [1.807, 2.05) is 0 Å². The summed E-state index contributed by atoms with van der Waals surface area (Å²) in [6.45, 7) is 7.17. The quantitative estimate of drug-likeness (QED) is 0.214. The lowest BCUT2D eigenvalue weighted by molar-refractivity contribution is -0.141. The first-order valence-corrected chi connectivity index (χ1v) is 13.9. The van der Waals surface area contributed by atoms with Crippen LogP contribution in [0, 0.1) is 23.5 Å². The van der Waals surface area contributed by atoms with Gasteiger partial charge in [-0.05, 0) is 71.9 Å². The van der Waals surface area contributed by atoms with Crippen molar-refractivity contribution < 1.29 is 38.2 Å². The summed E-state index contributed by atoms with van der Waals surface area (Å²) in [6, 6.07) is 5.64. The Kier molecular flexibility index (Phi) is 11.6. The fourth-order valence-corrected chi connectivity index (χ4v) is 5.89. The van der Waals surface area contributed by atoms with Gasteiger partial charge in [-0.25, -0.2) is 18.4 Å². The Morgan fingerprint density at radius 3 is 2.08 bits per heavy atom. The molecule has 206 valence electrons. The number of hydrogen-bond donors (Lipinski definition) is 3. The summed E-state index contributed by atoms with van der Waals surface area (Å²) in [5, 5.41) is 21.7. The Morgan fingerprint density at radius 1 is 0.895 bits per heavy atom. The number of carboxylic acid groups (broad SMARTS) is 2. The van der Waals surface area contributed by atoms with Gasteiger partial charge in [0, 0.05) is 21.4 Å². The Morgan fingerprint density at radius 2 is 1.53 bits per heavy atom. The normalized spacial score (nSPS) is 12.7. The molecule has 0 spiro atoms. The maximum atomic E-state index is 14.1.